The molecule has 21 heavy (non-hydrogen) atoms. The molecule has 7 heteroatoms. The van der Waals surface area contributed by atoms with Crippen molar-refractivity contribution in [2.75, 3.05) is 11.1 Å². The molecule has 0 saturated heterocycles. The summed E-state index contributed by atoms with van der Waals surface area (Å²) >= 11 is 0. The quantitative estimate of drug-likeness (QED) is 0.648. The van der Waals surface area contributed by atoms with Gasteiger partial charge >= 0.3 is 0 Å². The molecule has 0 aliphatic rings. The molecule has 0 saturated carbocycles. The molecule has 0 unspecified atom stereocenters. The van der Waals surface area contributed by atoms with Crippen molar-refractivity contribution in [3.8, 4) is 0 Å². The Labute approximate surface area is 119 Å². The zero-order valence-corrected chi connectivity index (χ0v) is 11.2. The molecular formula is C14H13F2N5. The lowest BCUT2D eigenvalue weighted by atomic mass is 10.2. The van der Waals surface area contributed by atoms with Crippen molar-refractivity contribution in [2.45, 2.75) is 13.5 Å². The van der Waals surface area contributed by atoms with Crippen LogP contribution in [-0.2, 0) is 6.54 Å². The monoisotopic (exact) mass is 289 g/mol. The van der Waals surface area contributed by atoms with Gasteiger partial charge in [-0.05, 0) is 30.7 Å². The Kier molecular flexibility index (Phi) is 3.17. The second-order valence-corrected chi connectivity index (χ2v) is 4.74. The molecule has 4 N–H and O–H groups in total. The molecule has 0 amide bonds. The Morgan fingerprint density at radius 2 is 2.14 bits per heavy atom. The summed E-state index contributed by atoms with van der Waals surface area (Å²) in [6.07, 6.45) is 1.61. The van der Waals surface area contributed by atoms with Crippen LogP contribution in [-0.4, -0.2) is 15.2 Å². The lowest BCUT2D eigenvalue weighted by Gasteiger charge is -2.10. The minimum Gasteiger partial charge on any atom is -0.396 e. The van der Waals surface area contributed by atoms with Gasteiger partial charge in [0.05, 0.1) is 5.69 Å². The minimum absolute atomic E-state index is 0.0989. The summed E-state index contributed by atoms with van der Waals surface area (Å²) in [7, 11) is 0. The first kappa shape index (κ1) is 13.3. The van der Waals surface area contributed by atoms with Crippen molar-refractivity contribution in [2.24, 2.45) is 0 Å². The zero-order chi connectivity index (χ0) is 15.0. The van der Waals surface area contributed by atoms with Crippen molar-refractivity contribution in [1.29, 1.82) is 0 Å². The van der Waals surface area contributed by atoms with Gasteiger partial charge in [0.15, 0.2) is 11.5 Å². The lowest BCUT2D eigenvalue weighted by molar-refractivity contribution is 0.591. The zero-order valence-electron chi connectivity index (χ0n) is 11.2. The van der Waals surface area contributed by atoms with Gasteiger partial charge in [-0.15, -0.1) is 0 Å². The van der Waals surface area contributed by atoms with Crippen LogP contribution in [0.2, 0.25) is 0 Å². The van der Waals surface area contributed by atoms with E-state index < -0.39 is 11.6 Å². The van der Waals surface area contributed by atoms with Gasteiger partial charge in [-0.1, -0.05) is 0 Å². The number of pyridine rings is 1. The molecule has 2 heterocycles. The second-order valence-electron chi connectivity index (χ2n) is 4.74. The molecule has 0 spiro atoms. The number of nitrogens with one attached hydrogen (secondary N) is 2. The first-order valence-electron chi connectivity index (χ1n) is 6.33. The fourth-order valence-corrected chi connectivity index (χ4v) is 2.08. The van der Waals surface area contributed by atoms with Gasteiger partial charge in [-0.25, -0.2) is 13.8 Å². The summed E-state index contributed by atoms with van der Waals surface area (Å²) in [5, 5.41) is 10.4. The second kappa shape index (κ2) is 5.01. The summed E-state index contributed by atoms with van der Waals surface area (Å²) in [5.74, 6) is -1.47. The summed E-state index contributed by atoms with van der Waals surface area (Å²) in [5.41, 5.74) is 7.38. The van der Waals surface area contributed by atoms with Gasteiger partial charge in [0.1, 0.15) is 11.5 Å². The number of nitrogens with zero attached hydrogens (tertiary/aromatic N) is 2. The number of hydrogen-bond donors (Lipinski definition) is 3. The number of aromatic nitrogens is 3. The predicted octanol–water partition coefficient (Wildman–Crippen LogP) is 2.74. The highest BCUT2D eigenvalue weighted by molar-refractivity contribution is 5.77. The average Bonchev–Trinajstić information content (AvgIpc) is 2.84. The maximum atomic E-state index is 13.8. The number of rotatable bonds is 3. The van der Waals surface area contributed by atoms with Crippen LogP contribution < -0.4 is 11.1 Å². The largest absolute Gasteiger partial charge is 0.396 e. The molecule has 0 fully saturated rings. The van der Waals surface area contributed by atoms with E-state index in [2.05, 4.69) is 20.5 Å². The van der Waals surface area contributed by atoms with Gasteiger partial charge in [0, 0.05) is 23.8 Å². The Hall–Kier alpha value is -2.70. The molecule has 0 aliphatic heterocycles. The Bertz CT molecular complexity index is 812. The van der Waals surface area contributed by atoms with Crippen molar-refractivity contribution >= 4 is 22.4 Å². The summed E-state index contributed by atoms with van der Waals surface area (Å²) in [6, 6.07) is 4.19. The Balaban J connectivity index is 1.86. The van der Waals surface area contributed by atoms with E-state index in [1.54, 1.807) is 6.20 Å². The molecule has 0 aliphatic carbocycles. The highest BCUT2D eigenvalue weighted by atomic mass is 19.1. The molecule has 0 radical (unpaired) electrons. The number of aryl methyl sites for hydroxylation is 1. The Morgan fingerprint density at radius 1 is 1.33 bits per heavy atom. The van der Waals surface area contributed by atoms with E-state index in [-0.39, 0.29) is 17.9 Å². The fourth-order valence-electron chi connectivity index (χ4n) is 2.08. The van der Waals surface area contributed by atoms with Crippen LogP contribution in [0.5, 0.6) is 0 Å². The molecule has 5 nitrogen and oxygen atoms in total. The van der Waals surface area contributed by atoms with E-state index in [0.717, 1.165) is 22.7 Å². The lowest BCUT2D eigenvalue weighted by Crippen LogP contribution is -2.06. The van der Waals surface area contributed by atoms with Crippen molar-refractivity contribution < 1.29 is 8.78 Å². The van der Waals surface area contributed by atoms with E-state index in [1.807, 2.05) is 13.0 Å². The number of fused-ring (bicyclic) bond motifs is 1. The maximum Gasteiger partial charge on any atom is 0.181 e. The normalized spacial score (nSPS) is 11.0. The SMILES string of the molecule is Cc1[nH]nc2ncc(CNc3c(F)ccc(N)c3F)cc12. The van der Waals surface area contributed by atoms with E-state index in [0.29, 0.717) is 5.65 Å². The number of hydrogen-bond acceptors (Lipinski definition) is 4. The number of anilines is 2. The van der Waals surface area contributed by atoms with Crippen LogP contribution in [0.15, 0.2) is 24.4 Å². The number of H-pyrrole nitrogens is 1. The average molecular weight is 289 g/mol. The third-order valence-corrected chi connectivity index (χ3v) is 3.25. The smallest absolute Gasteiger partial charge is 0.181 e. The molecule has 108 valence electrons. The van der Waals surface area contributed by atoms with Crippen molar-refractivity contribution in [3.05, 3.63) is 47.3 Å². The number of aromatic amines is 1. The van der Waals surface area contributed by atoms with E-state index in [4.69, 9.17) is 5.73 Å². The molecule has 1 aromatic carbocycles. The Morgan fingerprint density at radius 3 is 2.95 bits per heavy atom. The van der Waals surface area contributed by atoms with E-state index >= 15 is 0 Å². The maximum absolute atomic E-state index is 13.8. The van der Waals surface area contributed by atoms with Crippen LogP contribution in [0.1, 0.15) is 11.3 Å². The number of halogens is 2. The van der Waals surface area contributed by atoms with Gasteiger partial charge in [-0.3, -0.25) is 5.10 Å². The van der Waals surface area contributed by atoms with Crippen LogP contribution in [0.4, 0.5) is 20.2 Å². The van der Waals surface area contributed by atoms with Gasteiger partial charge in [0.2, 0.25) is 0 Å². The topological polar surface area (TPSA) is 79.6 Å². The number of nitrogens with two attached hydrogens (primary N) is 1. The third kappa shape index (κ3) is 2.37. The number of nitrogen functional groups attached to an aromatic ring is 1. The van der Waals surface area contributed by atoms with Crippen LogP contribution in [0.25, 0.3) is 11.0 Å². The third-order valence-electron chi connectivity index (χ3n) is 3.25. The van der Waals surface area contributed by atoms with Crippen molar-refractivity contribution in [3.63, 3.8) is 0 Å². The highest BCUT2D eigenvalue weighted by Gasteiger charge is 2.12. The first-order chi connectivity index (χ1) is 10.1. The summed E-state index contributed by atoms with van der Waals surface area (Å²) in [4.78, 5) is 4.18. The molecule has 2 aromatic heterocycles. The summed E-state index contributed by atoms with van der Waals surface area (Å²) in [6.45, 7) is 2.11. The molecule has 0 atom stereocenters. The van der Waals surface area contributed by atoms with Crippen LogP contribution in [0, 0.1) is 18.6 Å². The predicted molar refractivity (Wildman–Crippen MR) is 76.7 cm³/mol. The number of benzene rings is 1. The van der Waals surface area contributed by atoms with Gasteiger partial charge < -0.3 is 11.1 Å². The van der Waals surface area contributed by atoms with Crippen molar-refractivity contribution in [1.82, 2.24) is 15.2 Å². The molecular weight excluding hydrogens is 276 g/mol. The molecule has 3 rings (SSSR count). The van der Waals surface area contributed by atoms with E-state index in [9.17, 15) is 8.78 Å². The fraction of sp³-hybridized carbons (Fsp3) is 0.143. The molecule has 3 aromatic rings. The highest BCUT2D eigenvalue weighted by Crippen LogP contribution is 2.24. The van der Waals surface area contributed by atoms with Crippen LogP contribution in [0.3, 0.4) is 0 Å². The standard InChI is InChI=1S/C14H13F2N5/c1-7-9-4-8(6-19-14(9)21-20-7)5-18-13-10(15)2-3-11(17)12(13)16/h2-4,6,18H,5,17H2,1H3,(H,19,20,21). The first-order valence-corrected chi connectivity index (χ1v) is 6.33. The minimum atomic E-state index is -0.788. The summed E-state index contributed by atoms with van der Waals surface area (Å²) < 4.78 is 27.4. The molecule has 0 bridgehead atoms. The van der Waals surface area contributed by atoms with Crippen LogP contribution >= 0.6 is 0 Å². The van der Waals surface area contributed by atoms with E-state index in [1.165, 1.54) is 6.07 Å². The van der Waals surface area contributed by atoms with Gasteiger partial charge in [-0.2, -0.15) is 5.10 Å². The van der Waals surface area contributed by atoms with Gasteiger partial charge in [0.25, 0.3) is 0 Å².